The summed E-state index contributed by atoms with van der Waals surface area (Å²) in [6.07, 6.45) is 0.754. The molecule has 0 bridgehead atoms. The van der Waals surface area contributed by atoms with E-state index >= 15 is 0 Å². The van der Waals surface area contributed by atoms with Crippen LogP contribution >= 0.6 is 0 Å². The molecule has 1 aliphatic heterocycles. The minimum Gasteiger partial charge on any atom is -0.380 e. The van der Waals surface area contributed by atoms with E-state index < -0.39 is 10.0 Å². The summed E-state index contributed by atoms with van der Waals surface area (Å²) in [7, 11) is 0.0161. The zero-order valence-corrected chi connectivity index (χ0v) is 14.0. The van der Waals surface area contributed by atoms with Gasteiger partial charge in [-0.05, 0) is 50.1 Å². The molecule has 5 nitrogen and oxygen atoms in total. The number of ether oxygens (including phenoxy) is 1. The first-order chi connectivity index (χ1) is 9.87. The van der Waals surface area contributed by atoms with Gasteiger partial charge < -0.3 is 10.1 Å². The Hall–Kier alpha value is -0.950. The predicted octanol–water partition coefficient (Wildman–Crippen LogP) is 1.43. The molecule has 1 unspecified atom stereocenters. The molecule has 1 aromatic rings. The molecule has 1 N–H and O–H groups in total. The third-order valence-electron chi connectivity index (χ3n) is 4.08. The zero-order valence-electron chi connectivity index (χ0n) is 13.1. The van der Waals surface area contributed by atoms with E-state index in [1.807, 2.05) is 27.0 Å². The van der Waals surface area contributed by atoms with Crippen LogP contribution in [0.5, 0.6) is 0 Å². The summed E-state index contributed by atoms with van der Waals surface area (Å²) in [4.78, 5) is 0.396. The number of nitrogens with zero attached hydrogens (tertiary/aromatic N) is 1. The van der Waals surface area contributed by atoms with Gasteiger partial charge in [0.2, 0.25) is 10.0 Å². The molecule has 1 aliphatic rings. The van der Waals surface area contributed by atoms with Gasteiger partial charge >= 0.3 is 0 Å². The van der Waals surface area contributed by atoms with Crippen LogP contribution in [0.3, 0.4) is 0 Å². The summed E-state index contributed by atoms with van der Waals surface area (Å²) in [5, 5.41) is 3.08. The van der Waals surface area contributed by atoms with Crippen molar-refractivity contribution < 1.29 is 13.2 Å². The number of aryl methyl sites for hydroxylation is 2. The summed E-state index contributed by atoms with van der Waals surface area (Å²) in [6, 6.07) is 3.67. The molecule has 118 valence electrons. The summed E-state index contributed by atoms with van der Waals surface area (Å²) in [5.74, 6) is 0. The van der Waals surface area contributed by atoms with E-state index in [2.05, 4.69) is 5.32 Å². The highest BCUT2D eigenvalue weighted by Gasteiger charge is 2.31. The second-order valence-electron chi connectivity index (χ2n) is 5.61. The van der Waals surface area contributed by atoms with Crippen molar-refractivity contribution in [3.8, 4) is 0 Å². The Morgan fingerprint density at radius 3 is 2.62 bits per heavy atom. The lowest BCUT2D eigenvalue weighted by Gasteiger charge is -2.24. The number of likely N-dealkylation sites (N-methyl/N-ethyl adjacent to an activating group) is 1. The van der Waals surface area contributed by atoms with Gasteiger partial charge in [-0.2, -0.15) is 4.31 Å². The Morgan fingerprint density at radius 1 is 1.33 bits per heavy atom. The van der Waals surface area contributed by atoms with Crippen molar-refractivity contribution in [1.82, 2.24) is 9.62 Å². The van der Waals surface area contributed by atoms with E-state index in [4.69, 9.17) is 4.74 Å². The van der Waals surface area contributed by atoms with Gasteiger partial charge in [0.1, 0.15) is 0 Å². The van der Waals surface area contributed by atoms with E-state index in [1.54, 1.807) is 13.1 Å². The van der Waals surface area contributed by atoms with Gasteiger partial charge in [-0.3, -0.25) is 0 Å². The molecular formula is C15H24N2O3S. The largest absolute Gasteiger partial charge is 0.380 e. The van der Waals surface area contributed by atoms with E-state index in [0.717, 1.165) is 23.1 Å². The minimum atomic E-state index is -3.49. The second kappa shape index (κ2) is 6.44. The second-order valence-corrected chi connectivity index (χ2v) is 7.58. The van der Waals surface area contributed by atoms with E-state index in [1.165, 1.54) is 4.31 Å². The first-order valence-electron chi connectivity index (χ1n) is 7.18. The lowest BCUT2D eigenvalue weighted by molar-refractivity contribution is 0.181. The highest BCUT2D eigenvalue weighted by Crippen LogP contribution is 2.26. The Kier molecular flexibility index (Phi) is 5.03. The maximum absolute atomic E-state index is 12.9. The fourth-order valence-electron chi connectivity index (χ4n) is 2.69. The van der Waals surface area contributed by atoms with Gasteiger partial charge in [0.25, 0.3) is 0 Å². The third-order valence-corrected chi connectivity index (χ3v) is 6.13. The molecular weight excluding hydrogens is 288 g/mol. The number of benzene rings is 1. The quantitative estimate of drug-likeness (QED) is 0.893. The fourth-order valence-corrected chi connectivity index (χ4v) is 4.32. The summed E-state index contributed by atoms with van der Waals surface area (Å²) in [6.45, 7) is 5.62. The minimum absolute atomic E-state index is 0.0662. The first-order valence-corrected chi connectivity index (χ1v) is 8.62. The molecule has 1 aromatic carbocycles. The molecule has 0 saturated carbocycles. The SMILES string of the molecule is CNCc1cc(S(=O)(=O)N(C)C2CCOC2)c(C)cc1C. The number of hydrogen-bond donors (Lipinski definition) is 1. The zero-order chi connectivity index (χ0) is 15.6. The molecule has 0 aromatic heterocycles. The molecule has 0 radical (unpaired) electrons. The number of nitrogens with one attached hydrogen (secondary N) is 1. The Labute approximate surface area is 127 Å². The predicted molar refractivity (Wildman–Crippen MR) is 82.9 cm³/mol. The van der Waals surface area contributed by atoms with Crippen LogP contribution in [0.4, 0.5) is 0 Å². The van der Waals surface area contributed by atoms with Gasteiger partial charge in [0.15, 0.2) is 0 Å². The lowest BCUT2D eigenvalue weighted by Crippen LogP contribution is -2.37. The van der Waals surface area contributed by atoms with Crippen LogP contribution < -0.4 is 5.32 Å². The molecule has 21 heavy (non-hydrogen) atoms. The van der Waals surface area contributed by atoms with Crippen molar-refractivity contribution in [2.24, 2.45) is 0 Å². The van der Waals surface area contributed by atoms with Gasteiger partial charge in [-0.15, -0.1) is 0 Å². The number of sulfonamides is 1. The standard InChI is InChI=1S/C15H24N2O3S/c1-11-7-12(2)15(8-13(11)9-16-3)21(18,19)17(4)14-5-6-20-10-14/h7-8,14,16H,5-6,9-10H2,1-4H3. The molecule has 1 heterocycles. The van der Waals surface area contributed by atoms with Crippen molar-refractivity contribution in [1.29, 1.82) is 0 Å². The van der Waals surface area contributed by atoms with Crippen LogP contribution in [-0.4, -0.2) is 46.1 Å². The average Bonchev–Trinajstić information content (AvgIpc) is 2.94. The van der Waals surface area contributed by atoms with Crippen molar-refractivity contribution >= 4 is 10.0 Å². The number of rotatable bonds is 5. The van der Waals surface area contributed by atoms with Crippen molar-refractivity contribution in [3.05, 3.63) is 28.8 Å². The topological polar surface area (TPSA) is 58.6 Å². The molecule has 2 rings (SSSR count). The maximum atomic E-state index is 12.9. The molecule has 0 amide bonds. The summed E-state index contributed by atoms with van der Waals surface area (Å²) >= 11 is 0. The number of hydrogen-bond acceptors (Lipinski definition) is 4. The summed E-state index contributed by atoms with van der Waals surface area (Å²) in [5.41, 5.74) is 2.91. The van der Waals surface area contributed by atoms with Crippen LogP contribution in [0.2, 0.25) is 0 Å². The third kappa shape index (κ3) is 3.29. The van der Waals surface area contributed by atoms with Crippen LogP contribution in [0.1, 0.15) is 23.1 Å². The highest BCUT2D eigenvalue weighted by molar-refractivity contribution is 7.89. The molecule has 1 fully saturated rings. The lowest BCUT2D eigenvalue weighted by atomic mass is 10.1. The molecule has 1 atom stereocenters. The van der Waals surface area contributed by atoms with Crippen molar-refractivity contribution in [3.63, 3.8) is 0 Å². The molecule has 0 aliphatic carbocycles. The van der Waals surface area contributed by atoms with Gasteiger partial charge in [0.05, 0.1) is 17.5 Å². The Morgan fingerprint density at radius 2 is 2.05 bits per heavy atom. The van der Waals surface area contributed by atoms with Gasteiger partial charge in [-0.1, -0.05) is 6.07 Å². The van der Waals surface area contributed by atoms with Crippen molar-refractivity contribution in [2.45, 2.75) is 37.8 Å². The smallest absolute Gasteiger partial charge is 0.243 e. The average molecular weight is 312 g/mol. The molecule has 1 saturated heterocycles. The van der Waals surface area contributed by atoms with Crippen LogP contribution in [0.25, 0.3) is 0 Å². The summed E-state index contributed by atoms with van der Waals surface area (Å²) < 4.78 is 32.5. The fraction of sp³-hybridized carbons (Fsp3) is 0.600. The first kappa shape index (κ1) is 16.4. The monoisotopic (exact) mass is 312 g/mol. The highest BCUT2D eigenvalue weighted by atomic mass is 32.2. The Balaban J connectivity index is 2.41. The molecule has 6 heteroatoms. The van der Waals surface area contributed by atoms with E-state index in [9.17, 15) is 8.42 Å². The van der Waals surface area contributed by atoms with Crippen LogP contribution in [0.15, 0.2) is 17.0 Å². The normalized spacial score (nSPS) is 19.4. The van der Waals surface area contributed by atoms with E-state index in [0.29, 0.717) is 24.7 Å². The molecule has 0 spiro atoms. The van der Waals surface area contributed by atoms with Crippen molar-refractivity contribution in [2.75, 3.05) is 27.3 Å². The van der Waals surface area contributed by atoms with E-state index in [-0.39, 0.29) is 6.04 Å². The Bertz CT molecular complexity index is 608. The van der Waals surface area contributed by atoms with Gasteiger partial charge in [-0.25, -0.2) is 8.42 Å². The van der Waals surface area contributed by atoms with Gasteiger partial charge in [0, 0.05) is 20.2 Å². The maximum Gasteiger partial charge on any atom is 0.243 e. The van der Waals surface area contributed by atoms with Crippen LogP contribution in [-0.2, 0) is 21.3 Å². The van der Waals surface area contributed by atoms with Crippen LogP contribution in [0, 0.1) is 13.8 Å².